The number of carbonyl (C=O) groups excluding carboxylic acids is 3. The lowest BCUT2D eigenvalue weighted by molar-refractivity contribution is -0.151. The first-order chi connectivity index (χ1) is 22.4. The Bertz CT molecular complexity index is 1770. The molecule has 0 bridgehead atoms. The number of β-lactam (4-membered cyclic amide) rings is 1. The van der Waals surface area contributed by atoms with Gasteiger partial charge in [-0.2, -0.15) is 0 Å². The van der Waals surface area contributed by atoms with Crippen LogP contribution in [0.1, 0.15) is 42.0 Å². The Morgan fingerprint density at radius 3 is 2.53 bits per heavy atom. The summed E-state index contributed by atoms with van der Waals surface area (Å²) in [5, 5.41) is 10.2. The minimum atomic E-state index is -3.49. The van der Waals surface area contributed by atoms with E-state index in [2.05, 4.69) is 15.9 Å². The maximum Gasteiger partial charge on any atom is 0.264 e. The third kappa shape index (κ3) is 5.35. The van der Waals surface area contributed by atoms with E-state index in [0.29, 0.717) is 37.2 Å². The molecule has 0 saturated carbocycles. The van der Waals surface area contributed by atoms with Crippen LogP contribution in [0.15, 0.2) is 71.2 Å². The van der Waals surface area contributed by atoms with E-state index in [4.69, 9.17) is 4.74 Å². The molecule has 2 fully saturated rings. The zero-order valence-corrected chi connectivity index (χ0v) is 29.4. The number of ether oxygens (including phenoxy) is 1. The first-order valence-electron chi connectivity index (χ1n) is 16.3. The van der Waals surface area contributed by atoms with Crippen molar-refractivity contribution in [1.29, 1.82) is 0 Å². The first-order valence-corrected chi connectivity index (χ1v) is 20.0. The zero-order chi connectivity index (χ0) is 33.2. The third-order valence-corrected chi connectivity index (χ3v) is 13.5. The van der Waals surface area contributed by atoms with Gasteiger partial charge in [-0.3, -0.25) is 14.4 Å². The standard InChI is InChI=1S/C36H39BrFN3O5Si/c1-22-34(47(2,3)38)31(18-33(44)40-20-25-9-5-4-8-24(25)16-28(40)21-42)46-36(22)29-17-26(37)11-12-30(29)41(35(36)45)19-23-7-6-10-27(15-23)39-14-13-32(39)43/h4-12,15,17,22,28,31,34,42H,13-14,16,18-21H2,1-3H3/t22-,28+,31+,34-,36+/m1/s1. The summed E-state index contributed by atoms with van der Waals surface area (Å²) in [5.41, 5.74) is 3.04. The summed E-state index contributed by atoms with van der Waals surface area (Å²) in [4.78, 5) is 46.1. The Hall–Kier alpha value is -3.38. The largest absolute Gasteiger partial charge is 0.394 e. The predicted molar refractivity (Wildman–Crippen MR) is 183 cm³/mol. The average Bonchev–Trinajstić information content (AvgIpc) is 3.45. The minimum absolute atomic E-state index is 0.0745. The molecular formula is C36H39BrFN3O5Si. The number of halogens is 2. The molecule has 0 unspecified atom stereocenters. The fourth-order valence-electron chi connectivity index (χ4n) is 8.30. The molecule has 2 saturated heterocycles. The average molecular weight is 721 g/mol. The molecule has 4 aliphatic heterocycles. The lowest BCUT2D eigenvalue weighted by Crippen LogP contribution is -2.48. The van der Waals surface area contributed by atoms with Gasteiger partial charge in [-0.05, 0) is 66.5 Å². The van der Waals surface area contributed by atoms with Gasteiger partial charge in [0.05, 0.1) is 37.4 Å². The summed E-state index contributed by atoms with van der Waals surface area (Å²) in [6.45, 7) is 6.24. The molecular weight excluding hydrogens is 681 g/mol. The van der Waals surface area contributed by atoms with Gasteiger partial charge in [-0.15, -0.1) is 0 Å². The van der Waals surface area contributed by atoms with Gasteiger partial charge in [0.25, 0.3) is 5.91 Å². The van der Waals surface area contributed by atoms with Crippen LogP contribution in [0.4, 0.5) is 15.5 Å². The van der Waals surface area contributed by atoms with Crippen LogP contribution in [0.25, 0.3) is 0 Å². The van der Waals surface area contributed by atoms with E-state index in [-0.39, 0.29) is 43.3 Å². The zero-order valence-electron chi connectivity index (χ0n) is 26.8. The second kappa shape index (κ2) is 11.9. The van der Waals surface area contributed by atoms with Crippen molar-refractivity contribution in [3.8, 4) is 0 Å². The van der Waals surface area contributed by atoms with Crippen molar-refractivity contribution >= 4 is 53.4 Å². The number of hydrogen-bond acceptors (Lipinski definition) is 5. The van der Waals surface area contributed by atoms with Crippen LogP contribution in [0.3, 0.4) is 0 Å². The minimum Gasteiger partial charge on any atom is -0.394 e. The molecule has 3 aromatic rings. The SMILES string of the molecule is C[C@@H]1[C@@H]([Si](C)(C)F)[C@H](CC(=O)N2Cc3ccccc3C[C@H]2CO)O[C@@]12C(=O)N(Cc1cccc(N3CCC3=O)c1)c1ccc(Br)cc12. The number of aliphatic hydroxyl groups excluding tert-OH is 1. The molecule has 8 nitrogen and oxygen atoms in total. The molecule has 1 N–H and O–H groups in total. The Balaban J connectivity index is 1.22. The molecule has 11 heteroatoms. The number of anilines is 2. The Labute approximate surface area is 283 Å². The molecule has 0 radical (unpaired) electrons. The number of aliphatic hydroxyl groups is 1. The fourth-order valence-corrected chi connectivity index (χ4v) is 11.2. The van der Waals surface area contributed by atoms with Gasteiger partial charge in [-0.25, -0.2) is 0 Å². The topological polar surface area (TPSA) is 90.4 Å². The predicted octanol–water partition coefficient (Wildman–Crippen LogP) is 5.84. The Morgan fingerprint density at radius 1 is 1.09 bits per heavy atom. The van der Waals surface area contributed by atoms with Crippen molar-refractivity contribution in [2.24, 2.45) is 5.92 Å². The number of fused-ring (bicyclic) bond motifs is 3. The van der Waals surface area contributed by atoms with Crippen molar-refractivity contribution in [3.05, 3.63) is 93.5 Å². The molecule has 5 atom stereocenters. The number of rotatable bonds is 7. The van der Waals surface area contributed by atoms with Gasteiger partial charge in [0.1, 0.15) is 0 Å². The van der Waals surface area contributed by atoms with Gasteiger partial charge < -0.3 is 28.7 Å². The molecule has 1 spiro atoms. The van der Waals surface area contributed by atoms with E-state index in [1.165, 1.54) is 0 Å². The van der Waals surface area contributed by atoms with Gasteiger partial charge in [0, 0.05) is 46.7 Å². The maximum absolute atomic E-state index is 16.4. The number of carbonyl (C=O) groups is 3. The number of nitrogens with zero attached hydrogens (tertiary/aromatic N) is 3. The van der Waals surface area contributed by atoms with Crippen molar-refractivity contribution in [2.75, 3.05) is 23.0 Å². The van der Waals surface area contributed by atoms with Crippen molar-refractivity contribution < 1.29 is 28.3 Å². The molecule has 246 valence electrons. The number of hydrogen-bond donors (Lipinski definition) is 1. The molecule has 4 heterocycles. The van der Waals surface area contributed by atoms with Crippen LogP contribution in [0.2, 0.25) is 18.6 Å². The molecule has 7 rings (SSSR count). The van der Waals surface area contributed by atoms with Gasteiger partial charge >= 0.3 is 0 Å². The highest BCUT2D eigenvalue weighted by atomic mass is 79.9. The highest BCUT2D eigenvalue weighted by Gasteiger charge is 2.67. The van der Waals surface area contributed by atoms with Crippen molar-refractivity contribution in [1.82, 2.24) is 4.90 Å². The summed E-state index contributed by atoms with van der Waals surface area (Å²) in [6.07, 6.45) is 0.161. The highest BCUT2D eigenvalue weighted by molar-refractivity contribution is 9.10. The van der Waals surface area contributed by atoms with E-state index in [1.54, 1.807) is 27.8 Å². The van der Waals surface area contributed by atoms with Gasteiger partial charge in [0.15, 0.2) is 5.60 Å². The van der Waals surface area contributed by atoms with Crippen molar-refractivity contribution in [2.45, 2.75) is 75.7 Å². The first kappa shape index (κ1) is 32.2. The highest BCUT2D eigenvalue weighted by Crippen LogP contribution is 2.60. The van der Waals surface area contributed by atoms with Crippen LogP contribution in [-0.4, -0.2) is 61.4 Å². The molecule has 3 amide bonds. The molecule has 0 aromatic heterocycles. The van der Waals surface area contributed by atoms with Crippen LogP contribution in [0, 0.1) is 5.92 Å². The van der Waals surface area contributed by atoms with E-state index in [9.17, 15) is 19.5 Å². The maximum atomic E-state index is 16.4. The lowest BCUT2D eigenvalue weighted by Gasteiger charge is -2.37. The van der Waals surface area contributed by atoms with Crippen LogP contribution >= 0.6 is 15.9 Å². The van der Waals surface area contributed by atoms with E-state index >= 15 is 4.11 Å². The molecule has 47 heavy (non-hydrogen) atoms. The monoisotopic (exact) mass is 719 g/mol. The normalized spacial score (nSPS) is 26.9. The Morgan fingerprint density at radius 2 is 1.85 bits per heavy atom. The van der Waals surface area contributed by atoms with E-state index < -0.39 is 31.6 Å². The Kier molecular flexibility index (Phi) is 8.18. The van der Waals surface area contributed by atoms with Crippen LogP contribution in [0.5, 0.6) is 0 Å². The summed E-state index contributed by atoms with van der Waals surface area (Å²) in [7, 11) is -3.49. The van der Waals surface area contributed by atoms with Gasteiger partial charge in [0.2, 0.25) is 20.2 Å². The fraction of sp³-hybridized carbons (Fsp3) is 0.417. The van der Waals surface area contributed by atoms with Crippen LogP contribution < -0.4 is 9.80 Å². The summed E-state index contributed by atoms with van der Waals surface area (Å²) < 4.78 is 24.0. The molecule has 0 aliphatic carbocycles. The summed E-state index contributed by atoms with van der Waals surface area (Å²) >= 11 is 3.58. The molecule has 4 aliphatic rings. The smallest absolute Gasteiger partial charge is 0.264 e. The second-order valence-corrected chi connectivity index (χ2v) is 18.5. The number of amides is 3. The van der Waals surface area contributed by atoms with E-state index in [1.807, 2.05) is 73.7 Å². The quantitative estimate of drug-likeness (QED) is 0.188. The molecule has 3 aromatic carbocycles. The van der Waals surface area contributed by atoms with Crippen molar-refractivity contribution in [3.63, 3.8) is 0 Å². The summed E-state index contributed by atoms with van der Waals surface area (Å²) in [6, 6.07) is 20.8. The summed E-state index contributed by atoms with van der Waals surface area (Å²) in [5.74, 6) is -0.962. The van der Waals surface area contributed by atoms with Crippen LogP contribution in [-0.2, 0) is 44.2 Å². The van der Waals surface area contributed by atoms with E-state index in [0.717, 1.165) is 26.9 Å². The number of benzene rings is 3. The van der Waals surface area contributed by atoms with Gasteiger partial charge in [-0.1, -0.05) is 59.3 Å². The third-order valence-electron chi connectivity index (χ3n) is 10.6. The lowest BCUT2D eigenvalue weighted by atomic mass is 9.82. The second-order valence-electron chi connectivity index (χ2n) is 13.8.